The van der Waals surface area contributed by atoms with Gasteiger partial charge in [-0.25, -0.2) is 13.1 Å². The number of carbonyl (C=O) groups is 1. The molecule has 1 fully saturated rings. The molecule has 1 amide bonds. The lowest BCUT2D eigenvalue weighted by molar-refractivity contribution is 0.0720. The van der Waals surface area contributed by atoms with Gasteiger partial charge in [0.25, 0.3) is 5.91 Å². The number of carbonyl (C=O) groups excluding carboxylic acids is 1. The van der Waals surface area contributed by atoms with E-state index in [0.29, 0.717) is 12.1 Å². The summed E-state index contributed by atoms with van der Waals surface area (Å²) in [6.45, 7) is 1.89. The zero-order valence-corrected chi connectivity index (χ0v) is 18.2. The van der Waals surface area contributed by atoms with Crippen LogP contribution in [0.4, 0.5) is 0 Å². The van der Waals surface area contributed by atoms with E-state index in [9.17, 15) is 13.2 Å². The van der Waals surface area contributed by atoms with Crippen LogP contribution in [-0.2, 0) is 10.0 Å². The molecule has 5 nitrogen and oxygen atoms in total. The quantitative estimate of drug-likeness (QED) is 0.528. The highest BCUT2D eigenvalue weighted by Gasteiger charge is 2.23. The second-order valence-electron chi connectivity index (χ2n) is 7.47. The van der Waals surface area contributed by atoms with Gasteiger partial charge in [0.1, 0.15) is 0 Å². The number of rotatable bonds is 7. The highest BCUT2D eigenvalue weighted by Crippen LogP contribution is 2.26. The summed E-state index contributed by atoms with van der Waals surface area (Å²) in [6, 6.07) is 4.89. The number of nitrogens with zero attached hydrogens (tertiary/aromatic N) is 1. The lowest BCUT2D eigenvalue weighted by Crippen LogP contribution is -2.36. The summed E-state index contributed by atoms with van der Waals surface area (Å²) in [5, 5.41) is 0. The first-order valence-corrected chi connectivity index (χ1v) is 12.9. The van der Waals surface area contributed by atoms with Gasteiger partial charge < -0.3 is 4.90 Å². The van der Waals surface area contributed by atoms with Crippen molar-refractivity contribution in [3.63, 3.8) is 0 Å². The Balaban J connectivity index is 1.73. The van der Waals surface area contributed by atoms with Gasteiger partial charge in [-0.1, -0.05) is 11.6 Å². The number of hydrogen-bond donors (Lipinski definition) is 1. The molecular weight excluding hydrogens is 392 g/mol. The largest absolute Gasteiger partial charge is 0.339 e. The third kappa shape index (κ3) is 5.39. The third-order valence-electron chi connectivity index (χ3n) is 5.48. The first kappa shape index (κ1) is 21.4. The second-order valence-corrected chi connectivity index (χ2v) is 10.1. The number of benzene rings is 1. The molecule has 2 aliphatic rings. The normalized spacial score (nSPS) is 18.0. The minimum absolute atomic E-state index is 0.0616. The molecule has 0 aromatic heterocycles. The first-order valence-electron chi connectivity index (χ1n) is 10.2. The maximum absolute atomic E-state index is 13.0. The van der Waals surface area contributed by atoms with Crippen LogP contribution in [0.15, 0.2) is 39.6 Å². The van der Waals surface area contributed by atoms with Gasteiger partial charge in [0.2, 0.25) is 10.0 Å². The number of thioether (sulfide) groups is 1. The Morgan fingerprint density at radius 2 is 1.93 bits per heavy atom. The molecule has 0 saturated carbocycles. The predicted molar refractivity (Wildman–Crippen MR) is 114 cm³/mol. The first-order chi connectivity index (χ1) is 13.5. The van der Waals surface area contributed by atoms with Gasteiger partial charge in [-0.05, 0) is 75.8 Å². The summed E-state index contributed by atoms with van der Waals surface area (Å²) < 4.78 is 28.2. The fourth-order valence-electron chi connectivity index (χ4n) is 3.85. The number of likely N-dealkylation sites (tertiary alicyclic amines) is 1. The summed E-state index contributed by atoms with van der Waals surface area (Å²) in [7, 11) is -3.63. The second kappa shape index (κ2) is 9.94. The van der Waals surface area contributed by atoms with Crippen molar-refractivity contribution < 1.29 is 13.2 Å². The van der Waals surface area contributed by atoms with E-state index in [4.69, 9.17) is 0 Å². The van der Waals surface area contributed by atoms with Crippen LogP contribution in [0.5, 0.6) is 0 Å². The molecule has 1 N–H and O–H groups in total. The number of hydrogen-bond acceptors (Lipinski definition) is 4. The van der Waals surface area contributed by atoms with Crippen LogP contribution in [0.1, 0.15) is 61.7 Å². The van der Waals surface area contributed by atoms with E-state index in [1.807, 2.05) is 11.2 Å². The Labute approximate surface area is 173 Å². The van der Waals surface area contributed by atoms with E-state index in [0.717, 1.165) is 56.5 Å². The predicted octanol–water partition coefficient (Wildman–Crippen LogP) is 4.20. The van der Waals surface area contributed by atoms with Crippen LogP contribution in [0.3, 0.4) is 0 Å². The minimum Gasteiger partial charge on any atom is -0.339 e. The van der Waals surface area contributed by atoms with Crippen LogP contribution in [0.2, 0.25) is 0 Å². The smallest absolute Gasteiger partial charge is 0.255 e. The summed E-state index contributed by atoms with van der Waals surface area (Å²) >= 11 is 1.47. The highest BCUT2D eigenvalue weighted by molar-refractivity contribution is 7.98. The van der Waals surface area contributed by atoms with Crippen LogP contribution in [-0.4, -0.2) is 45.1 Å². The van der Waals surface area contributed by atoms with E-state index in [-0.39, 0.29) is 10.8 Å². The highest BCUT2D eigenvalue weighted by atomic mass is 32.2. The zero-order chi connectivity index (χ0) is 20.0. The average Bonchev–Trinajstić information content (AvgIpc) is 2.74. The molecule has 154 valence electrons. The molecule has 7 heteroatoms. The lowest BCUT2D eigenvalue weighted by Gasteiger charge is -2.27. The fourth-order valence-corrected chi connectivity index (χ4v) is 5.48. The summed E-state index contributed by atoms with van der Waals surface area (Å²) in [6.07, 6.45) is 12.6. The van der Waals surface area contributed by atoms with Gasteiger partial charge in [-0.15, -0.1) is 11.8 Å². The average molecular weight is 423 g/mol. The van der Waals surface area contributed by atoms with Crippen LogP contribution in [0, 0.1) is 0 Å². The lowest BCUT2D eigenvalue weighted by atomic mass is 9.97. The Kier molecular flexibility index (Phi) is 7.60. The molecule has 3 rings (SSSR count). The summed E-state index contributed by atoms with van der Waals surface area (Å²) in [4.78, 5) is 15.8. The van der Waals surface area contributed by atoms with Crippen LogP contribution >= 0.6 is 11.8 Å². The Morgan fingerprint density at radius 3 is 2.61 bits per heavy atom. The topological polar surface area (TPSA) is 66.5 Å². The van der Waals surface area contributed by atoms with Crippen molar-refractivity contribution in [1.29, 1.82) is 0 Å². The van der Waals surface area contributed by atoms with E-state index in [1.54, 1.807) is 18.2 Å². The van der Waals surface area contributed by atoms with E-state index >= 15 is 0 Å². The van der Waals surface area contributed by atoms with Crippen LogP contribution in [0.25, 0.3) is 0 Å². The van der Waals surface area contributed by atoms with E-state index in [1.165, 1.54) is 30.2 Å². The number of allylic oxidation sites excluding steroid dienone is 1. The molecule has 0 bridgehead atoms. The van der Waals surface area contributed by atoms with Crippen molar-refractivity contribution in [3.8, 4) is 0 Å². The van der Waals surface area contributed by atoms with Crippen LogP contribution < -0.4 is 4.72 Å². The number of piperidine rings is 1. The Bertz CT molecular complexity index is 828. The van der Waals surface area contributed by atoms with Crippen molar-refractivity contribution in [1.82, 2.24) is 9.62 Å². The SMILES string of the molecule is CSc1ccc(S(=O)(=O)NCCC2=CCCCC2)cc1C(=O)N1CCCCC1. The van der Waals surface area contributed by atoms with Gasteiger partial charge >= 0.3 is 0 Å². The molecule has 0 spiro atoms. The molecule has 1 aliphatic carbocycles. The van der Waals surface area contributed by atoms with E-state index < -0.39 is 10.0 Å². The van der Waals surface area contributed by atoms with Crippen molar-refractivity contribution in [2.24, 2.45) is 0 Å². The molecule has 0 unspecified atom stereocenters. The molecule has 1 aromatic carbocycles. The third-order valence-corrected chi connectivity index (χ3v) is 7.73. The molecule has 1 heterocycles. The Hall–Kier alpha value is -1.31. The standard InChI is InChI=1S/C21H30N2O3S2/c1-27-20-11-10-18(16-19(20)21(24)23-14-6-3-7-15-23)28(25,26)22-13-12-17-8-4-2-5-9-17/h8,10-11,16,22H,2-7,9,12-15H2,1H3. The molecule has 1 aromatic rings. The van der Waals surface area contributed by atoms with Gasteiger partial charge in [-0.2, -0.15) is 0 Å². The van der Waals surface area contributed by atoms with Crippen molar-refractivity contribution >= 4 is 27.7 Å². The Morgan fingerprint density at radius 1 is 1.14 bits per heavy atom. The number of amides is 1. The van der Waals surface area contributed by atoms with Gasteiger partial charge in [0.05, 0.1) is 10.5 Å². The molecule has 1 saturated heterocycles. The van der Waals surface area contributed by atoms with Gasteiger partial charge in [0.15, 0.2) is 0 Å². The molecular formula is C21H30N2O3S2. The molecule has 0 radical (unpaired) electrons. The molecule has 0 atom stereocenters. The zero-order valence-electron chi connectivity index (χ0n) is 16.6. The van der Waals surface area contributed by atoms with Gasteiger partial charge in [0, 0.05) is 24.5 Å². The van der Waals surface area contributed by atoms with Crippen molar-refractivity contribution in [2.75, 3.05) is 25.9 Å². The van der Waals surface area contributed by atoms with Gasteiger partial charge in [-0.3, -0.25) is 4.79 Å². The van der Waals surface area contributed by atoms with E-state index in [2.05, 4.69) is 10.8 Å². The fraction of sp³-hybridized carbons (Fsp3) is 0.571. The summed E-state index contributed by atoms with van der Waals surface area (Å²) in [5.74, 6) is -0.0616. The van der Waals surface area contributed by atoms with Crippen molar-refractivity contribution in [2.45, 2.75) is 61.2 Å². The minimum atomic E-state index is -3.63. The maximum Gasteiger partial charge on any atom is 0.255 e. The molecule has 1 aliphatic heterocycles. The number of nitrogens with one attached hydrogen (secondary N) is 1. The molecule has 28 heavy (non-hydrogen) atoms. The maximum atomic E-state index is 13.0. The number of sulfonamides is 1. The summed E-state index contributed by atoms with van der Waals surface area (Å²) in [5.41, 5.74) is 1.83. The van der Waals surface area contributed by atoms with Crippen molar-refractivity contribution in [3.05, 3.63) is 35.4 Å². The monoisotopic (exact) mass is 422 g/mol.